The van der Waals surface area contributed by atoms with Crippen LogP contribution in [-0.4, -0.2) is 27.3 Å². The number of pyridine rings is 1. The number of carboxylic acids is 1. The van der Waals surface area contributed by atoms with Crippen molar-refractivity contribution in [3.8, 4) is 0 Å². The second-order valence-electron chi connectivity index (χ2n) is 3.81. The van der Waals surface area contributed by atoms with Crippen LogP contribution in [0.2, 0.25) is 0 Å². The lowest BCUT2D eigenvalue weighted by molar-refractivity contribution is -0.150. The number of nitrogens with zero attached hydrogens (tertiary/aromatic N) is 1. The lowest BCUT2D eigenvalue weighted by atomic mass is 9.82. The molecule has 0 saturated carbocycles. The van der Waals surface area contributed by atoms with Crippen LogP contribution in [0.25, 0.3) is 0 Å². The molecule has 0 aliphatic carbocycles. The van der Waals surface area contributed by atoms with Crippen molar-refractivity contribution in [2.24, 2.45) is 0 Å². The first-order chi connectivity index (χ1) is 6.85. The Bertz CT molecular complexity index is 379. The monoisotopic (exact) mass is 273 g/mol. The van der Waals surface area contributed by atoms with E-state index in [-0.39, 0.29) is 0 Å². The van der Waals surface area contributed by atoms with E-state index in [0.717, 1.165) is 0 Å². The first kappa shape index (κ1) is 12.1. The predicted molar refractivity (Wildman–Crippen MR) is 58.6 cm³/mol. The smallest absolute Gasteiger partial charge is 0.333 e. The van der Waals surface area contributed by atoms with E-state index in [1.807, 2.05) is 0 Å². The van der Waals surface area contributed by atoms with Crippen LogP contribution < -0.4 is 0 Å². The number of carboxylic acid groups (broad SMARTS) is 1. The van der Waals surface area contributed by atoms with Crippen LogP contribution in [0.5, 0.6) is 0 Å². The highest BCUT2D eigenvalue weighted by Crippen LogP contribution is 2.26. The van der Waals surface area contributed by atoms with Crippen molar-refractivity contribution in [3.05, 3.63) is 28.5 Å². The zero-order chi connectivity index (χ0) is 11.6. The van der Waals surface area contributed by atoms with Crippen LogP contribution in [0.4, 0.5) is 0 Å². The zero-order valence-electron chi connectivity index (χ0n) is 8.44. The summed E-state index contributed by atoms with van der Waals surface area (Å²) in [7, 11) is 0. The van der Waals surface area contributed by atoms with E-state index in [9.17, 15) is 9.90 Å². The molecule has 15 heavy (non-hydrogen) atoms. The third-order valence-corrected chi connectivity index (χ3v) is 2.73. The van der Waals surface area contributed by atoms with Crippen LogP contribution in [0.15, 0.2) is 22.8 Å². The lowest BCUT2D eigenvalue weighted by Crippen LogP contribution is -2.40. The normalized spacial score (nSPS) is 13.6. The number of aliphatic carboxylic acids is 1. The van der Waals surface area contributed by atoms with Gasteiger partial charge in [-0.05, 0) is 28.1 Å². The van der Waals surface area contributed by atoms with E-state index in [2.05, 4.69) is 20.9 Å². The van der Waals surface area contributed by atoms with Gasteiger partial charge >= 0.3 is 5.97 Å². The van der Waals surface area contributed by atoms with Crippen molar-refractivity contribution in [2.45, 2.75) is 25.4 Å². The van der Waals surface area contributed by atoms with Gasteiger partial charge in [-0.25, -0.2) is 9.78 Å². The van der Waals surface area contributed by atoms with Gasteiger partial charge in [0.15, 0.2) is 6.10 Å². The van der Waals surface area contributed by atoms with Crippen LogP contribution in [0, 0.1) is 0 Å². The molecular weight excluding hydrogens is 262 g/mol. The van der Waals surface area contributed by atoms with Crippen molar-refractivity contribution < 1.29 is 15.0 Å². The molecule has 5 heteroatoms. The van der Waals surface area contributed by atoms with Gasteiger partial charge in [0, 0.05) is 5.41 Å². The minimum Gasteiger partial charge on any atom is -0.479 e. The number of aromatic nitrogens is 1. The Balaban J connectivity index is 3.10. The maximum atomic E-state index is 10.7. The van der Waals surface area contributed by atoms with E-state index in [1.54, 1.807) is 32.0 Å². The molecule has 0 aliphatic heterocycles. The molecule has 2 N–H and O–H groups in total. The average Bonchev–Trinajstić information content (AvgIpc) is 2.16. The van der Waals surface area contributed by atoms with E-state index in [4.69, 9.17) is 5.11 Å². The van der Waals surface area contributed by atoms with Crippen LogP contribution in [-0.2, 0) is 10.2 Å². The Morgan fingerprint density at radius 2 is 2.13 bits per heavy atom. The Hall–Kier alpha value is -0.940. The van der Waals surface area contributed by atoms with Crippen LogP contribution in [0.3, 0.4) is 0 Å². The van der Waals surface area contributed by atoms with Gasteiger partial charge in [-0.15, -0.1) is 0 Å². The molecule has 0 aliphatic rings. The van der Waals surface area contributed by atoms with Gasteiger partial charge in [0.25, 0.3) is 0 Å². The van der Waals surface area contributed by atoms with Crippen LogP contribution in [0.1, 0.15) is 19.5 Å². The summed E-state index contributed by atoms with van der Waals surface area (Å²) in [6.07, 6.45) is -1.47. The molecule has 0 fully saturated rings. The quantitative estimate of drug-likeness (QED) is 0.821. The van der Waals surface area contributed by atoms with Gasteiger partial charge in [0.2, 0.25) is 0 Å². The molecule has 1 aromatic rings. The Morgan fingerprint density at radius 3 is 2.60 bits per heavy atom. The number of halogens is 1. The number of aliphatic hydroxyl groups excluding tert-OH is 1. The molecule has 1 atom stereocenters. The summed E-state index contributed by atoms with van der Waals surface area (Å²) in [5.74, 6) is -1.25. The molecule has 1 unspecified atom stereocenters. The molecular formula is C10H12BrNO3. The highest BCUT2D eigenvalue weighted by atomic mass is 79.9. The van der Waals surface area contributed by atoms with Crippen LogP contribution >= 0.6 is 15.9 Å². The molecule has 0 spiro atoms. The Morgan fingerprint density at radius 1 is 1.53 bits per heavy atom. The summed E-state index contributed by atoms with van der Waals surface area (Å²) >= 11 is 3.20. The van der Waals surface area contributed by atoms with Crippen molar-refractivity contribution >= 4 is 21.9 Å². The maximum Gasteiger partial charge on any atom is 0.333 e. The van der Waals surface area contributed by atoms with Gasteiger partial charge in [0.05, 0.1) is 5.69 Å². The summed E-state index contributed by atoms with van der Waals surface area (Å²) in [5.41, 5.74) is -0.387. The summed E-state index contributed by atoms with van der Waals surface area (Å²) in [6, 6.07) is 5.19. The van der Waals surface area contributed by atoms with E-state index < -0.39 is 17.5 Å². The summed E-state index contributed by atoms with van der Waals surface area (Å²) in [5, 5.41) is 18.3. The summed E-state index contributed by atoms with van der Waals surface area (Å²) in [6.45, 7) is 3.28. The van der Waals surface area contributed by atoms with Crippen molar-refractivity contribution in [1.82, 2.24) is 4.98 Å². The predicted octanol–water partition coefficient (Wildman–Crippen LogP) is 1.57. The molecule has 0 saturated heterocycles. The SMILES string of the molecule is CC(C)(c1cccc(Br)n1)C(O)C(=O)O. The molecule has 0 radical (unpaired) electrons. The van der Waals surface area contributed by atoms with Crippen molar-refractivity contribution in [1.29, 1.82) is 0 Å². The molecule has 82 valence electrons. The topological polar surface area (TPSA) is 70.4 Å². The number of hydrogen-bond acceptors (Lipinski definition) is 3. The number of carbonyl (C=O) groups is 1. The largest absolute Gasteiger partial charge is 0.479 e. The zero-order valence-corrected chi connectivity index (χ0v) is 10.0. The van der Waals surface area contributed by atoms with E-state index in [0.29, 0.717) is 10.3 Å². The highest BCUT2D eigenvalue weighted by Gasteiger charge is 2.36. The third kappa shape index (κ3) is 2.54. The first-order valence-electron chi connectivity index (χ1n) is 4.39. The third-order valence-electron chi connectivity index (χ3n) is 2.29. The molecule has 1 heterocycles. The Labute approximate surface area is 96.1 Å². The molecule has 0 bridgehead atoms. The second kappa shape index (κ2) is 4.28. The first-order valence-corrected chi connectivity index (χ1v) is 5.19. The lowest BCUT2D eigenvalue weighted by Gasteiger charge is -2.27. The second-order valence-corrected chi connectivity index (χ2v) is 4.62. The highest BCUT2D eigenvalue weighted by molar-refractivity contribution is 9.10. The molecule has 0 amide bonds. The van der Waals surface area contributed by atoms with Gasteiger partial charge < -0.3 is 10.2 Å². The van der Waals surface area contributed by atoms with Gasteiger partial charge in [0.1, 0.15) is 4.60 Å². The van der Waals surface area contributed by atoms with Gasteiger partial charge in [-0.1, -0.05) is 19.9 Å². The number of rotatable bonds is 3. The van der Waals surface area contributed by atoms with Crippen molar-refractivity contribution in [2.75, 3.05) is 0 Å². The summed E-state index contributed by atoms with van der Waals surface area (Å²) in [4.78, 5) is 14.9. The van der Waals surface area contributed by atoms with Gasteiger partial charge in [-0.3, -0.25) is 0 Å². The van der Waals surface area contributed by atoms with E-state index in [1.165, 1.54) is 0 Å². The minimum atomic E-state index is -1.47. The number of aliphatic hydroxyl groups is 1. The maximum absolute atomic E-state index is 10.7. The Kier molecular flexibility index (Phi) is 3.46. The fourth-order valence-electron chi connectivity index (χ4n) is 1.22. The summed E-state index contributed by atoms with van der Waals surface area (Å²) < 4.78 is 0.616. The minimum absolute atomic E-state index is 0.534. The molecule has 1 rings (SSSR count). The van der Waals surface area contributed by atoms with E-state index >= 15 is 0 Å². The standard InChI is InChI=1S/C10H12BrNO3/c1-10(2,8(13)9(14)15)6-4-3-5-7(11)12-6/h3-5,8,13H,1-2H3,(H,14,15). The molecule has 0 aromatic carbocycles. The van der Waals surface area contributed by atoms with Gasteiger partial charge in [-0.2, -0.15) is 0 Å². The molecule has 4 nitrogen and oxygen atoms in total. The van der Waals surface area contributed by atoms with Crippen molar-refractivity contribution in [3.63, 3.8) is 0 Å². The number of hydrogen-bond donors (Lipinski definition) is 2. The fraction of sp³-hybridized carbons (Fsp3) is 0.400. The fourth-order valence-corrected chi connectivity index (χ4v) is 1.56. The molecule has 1 aromatic heterocycles. The average molecular weight is 274 g/mol.